The Morgan fingerprint density at radius 1 is 1.18 bits per heavy atom. The molecule has 0 aliphatic carbocycles. The quantitative estimate of drug-likeness (QED) is 0.335. The molecule has 2 aromatic rings. The van der Waals surface area contributed by atoms with Gasteiger partial charge in [0.25, 0.3) is 0 Å². The second-order valence-electron chi connectivity index (χ2n) is 7.18. The van der Waals surface area contributed by atoms with Gasteiger partial charge in [0, 0.05) is 43.6 Å². The molecule has 0 spiro atoms. The summed E-state index contributed by atoms with van der Waals surface area (Å²) in [6.07, 6.45) is 3.11. The number of halogens is 1. The van der Waals surface area contributed by atoms with Gasteiger partial charge in [-0.15, -0.1) is 35.3 Å². The highest BCUT2D eigenvalue weighted by Crippen LogP contribution is 2.35. The summed E-state index contributed by atoms with van der Waals surface area (Å²) in [7, 11) is 2.13. The summed E-state index contributed by atoms with van der Waals surface area (Å²) in [6, 6.07) is 15.2. The van der Waals surface area contributed by atoms with E-state index in [1.807, 2.05) is 11.3 Å². The number of nitrogens with one attached hydrogen (secondary N) is 1. The Morgan fingerprint density at radius 2 is 1.93 bits per heavy atom. The minimum absolute atomic E-state index is 0. The average Bonchev–Trinajstić information content (AvgIpc) is 3.24. The highest BCUT2D eigenvalue weighted by Gasteiger charge is 2.34. The number of nitrogens with zero attached hydrogens (tertiary/aromatic N) is 2. The predicted molar refractivity (Wildman–Crippen MR) is 130 cm³/mol. The highest BCUT2D eigenvalue weighted by atomic mass is 127. The maximum Gasteiger partial charge on any atom is 0.193 e. The molecule has 28 heavy (non-hydrogen) atoms. The highest BCUT2D eigenvalue weighted by molar-refractivity contribution is 14.0. The third kappa shape index (κ3) is 6.19. The molecule has 0 bridgehead atoms. The van der Waals surface area contributed by atoms with Crippen LogP contribution >= 0.6 is 35.3 Å². The summed E-state index contributed by atoms with van der Waals surface area (Å²) in [5.41, 5.74) is 1.46. The summed E-state index contributed by atoms with van der Waals surface area (Å²) >= 11 is 1.82. The Bertz CT molecular complexity index is 700. The van der Waals surface area contributed by atoms with Gasteiger partial charge in [-0.3, -0.25) is 4.99 Å². The van der Waals surface area contributed by atoms with Gasteiger partial charge in [0.1, 0.15) is 0 Å². The first-order valence-electron chi connectivity index (χ1n) is 9.88. The number of hydrogen-bond donors (Lipinski definition) is 1. The molecule has 3 rings (SSSR count). The first-order chi connectivity index (χ1) is 13.2. The molecule has 6 heteroatoms. The molecular formula is C22H32IN3OS. The molecule has 1 fully saturated rings. The van der Waals surface area contributed by atoms with E-state index in [4.69, 9.17) is 9.73 Å². The standard InChI is InChI=1S/C22H31N3OS.HI/c1-3-23-21(25(2)14-11-20-10-7-17-27-20)24-18-22(12-15-26-16-13-22)19-8-5-4-6-9-19;/h4-10,17H,3,11-16,18H2,1-2H3,(H,23,24);1H. The molecule has 2 heterocycles. The number of likely N-dealkylation sites (N-methyl/N-ethyl adjacent to an activating group) is 1. The summed E-state index contributed by atoms with van der Waals surface area (Å²) < 4.78 is 5.65. The molecule has 1 aromatic carbocycles. The van der Waals surface area contributed by atoms with Crippen LogP contribution in [0.5, 0.6) is 0 Å². The van der Waals surface area contributed by atoms with Crippen molar-refractivity contribution in [2.24, 2.45) is 4.99 Å². The molecule has 0 saturated carbocycles. The molecule has 0 amide bonds. The van der Waals surface area contributed by atoms with E-state index in [0.717, 1.165) is 58.1 Å². The van der Waals surface area contributed by atoms with Gasteiger partial charge in [0.15, 0.2) is 5.96 Å². The Kier molecular flexibility index (Phi) is 9.74. The Morgan fingerprint density at radius 3 is 2.57 bits per heavy atom. The molecule has 1 aliphatic rings. The van der Waals surface area contributed by atoms with Crippen LogP contribution in [-0.2, 0) is 16.6 Å². The average molecular weight is 513 g/mol. The lowest BCUT2D eigenvalue weighted by atomic mass is 9.74. The third-order valence-corrected chi connectivity index (χ3v) is 6.27. The number of aliphatic imine (C=N–C) groups is 1. The number of ether oxygens (including phenoxy) is 1. The van der Waals surface area contributed by atoms with E-state index in [9.17, 15) is 0 Å². The van der Waals surface area contributed by atoms with Crippen molar-refractivity contribution < 1.29 is 4.74 Å². The second-order valence-corrected chi connectivity index (χ2v) is 8.21. The fourth-order valence-corrected chi connectivity index (χ4v) is 4.32. The van der Waals surface area contributed by atoms with Crippen LogP contribution in [0, 0.1) is 0 Å². The van der Waals surface area contributed by atoms with Gasteiger partial charge in [-0.05, 0) is 43.2 Å². The molecule has 0 radical (unpaired) electrons. The number of guanidine groups is 1. The van der Waals surface area contributed by atoms with Crippen LogP contribution in [0.25, 0.3) is 0 Å². The molecular weight excluding hydrogens is 481 g/mol. The summed E-state index contributed by atoms with van der Waals surface area (Å²) in [4.78, 5) is 8.74. The maximum atomic E-state index is 5.65. The van der Waals surface area contributed by atoms with Gasteiger partial charge >= 0.3 is 0 Å². The van der Waals surface area contributed by atoms with Crippen molar-refractivity contribution in [2.45, 2.75) is 31.6 Å². The largest absolute Gasteiger partial charge is 0.381 e. The fourth-order valence-electron chi connectivity index (χ4n) is 3.63. The van der Waals surface area contributed by atoms with Gasteiger partial charge in [0.2, 0.25) is 0 Å². The van der Waals surface area contributed by atoms with Gasteiger partial charge in [-0.2, -0.15) is 0 Å². The van der Waals surface area contributed by atoms with E-state index in [1.54, 1.807) is 0 Å². The number of thiophene rings is 1. The van der Waals surface area contributed by atoms with E-state index in [2.05, 4.69) is 72.0 Å². The Balaban J connectivity index is 0.00000280. The molecule has 4 nitrogen and oxygen atoms in total. The lowest BCUT2D eigenvalue weighted by Crippen LogP contribution is -2.42. The molecule has 1 aliphatic heterocycles. The molecule has 154 valence electrons. The first kappa shape index (κ1) is 23.2. The zero-order chi connectivity index (χ0) is 19.0. The normalized spacial score (nSPS) is 16.3. The van der Waals surface area contributed by atoms with E-state index in [0.29, 0.717) is 0 Å². The minimum Gasteiger partial charge on any atom is -0.381 e. The zero-order valence-electron chi connectivity index (χ0n) is 16.9. The monoisotopic (exact) mass is 513 g/mol. The van der Waals surface area contributed by atoms with Crippen molar-refractivity contribution in [2.75, 3.05) is 39.9 Å². The van der Waals surface area contributed by atoms with Crippen LogP contribution in [0.1, 0.15) is 30.2 Å². The van der Waals surface area contributed by atoms with Crippen LogP contribution < -0.4 is 5.32 Å². The van der Waals surface area contributed by atoms with E-state index >= 15 is 0 Å². The Labute approximate surface area is 190 Å². The van der Waals surface area contributed by atoms with Gasteiger partial charge in [-0.1, -0.05) is 36.4 Å². The van der Waals surface area contributed by atoms with Crippen molar-refractivity contribution in [3.05, 3.63) is 58.3 Å². The minimum atomic E-state index is 0. The molecule has 0 unspecified atom stereocenters. The molecule has 0 atom stereocenters. The lowest BCUT2D eigenvalue weighted by Gasteiger charge is -2.37. The van der Waals surface area contributed by atoms with Crippen molar-refractivity contribution >= 4 is 41.3 Å². The molecule has 1 saturated heterocycles. The number of hydrogen-bond acceptors (Lipinski definition) is 3. The smallest absolute Gasteiger partial charge is 0.193 e. The van der Waals surface area contributed by atoms with Crippen LogP contribution in [0.3, 0.4) is 0 Å². The maximum absolute atomic E-state index is 5.65. The van der Waals surface area contributed by atoms with Crippen LogP contribution in [-0.4, -0.2) is 50.8 Å². The summed E-state index contributed by atoms with van der Waals surface area (Å²) in [6.45, 7) is 6.40. The van der Waals surface area contributed by atoms with Gasteiger partial charge in [0.05, 0.1) is 6.54 Å². The van der Waals surface area contributed by atoms with Crippen LogP contribution in [0.4, 0.5) is 0 Å². The van der Waals surface area contributed by atoms with Crippen LogP contribution in [0.15, 0.2) is 52.8 Å². The molecule has 1 N–H and O–H groups in total. The summed E-state index contributed by atoms with van der Waals surface area (Å²) in [5.74, 6) is 0.996. The third-order valence-electron chi connectivity index (χ3n) is 5.34. The zero-order valence-corrected chi connectivity index (χ0v) is 20.0. The van der Waals surface area contributed by atoms with Crippen molar-refractivity contribution in [1.82, 2.24) is 10.2 Å². The SMILES string of the molecule is CCNC(=NCC1(c2ccccc2)CCOCC1)N(C)CCc1cccs1.I. The Hall–Kier alpha value is -1.12. The lowest BCUT2D eigenvalue weighted by molar-refractivity contribution is 0.0530. The number of rotatable bonds is 7. The van der Waals surface area contributed by atoms with E-state index < -0.39 is 0 Å². The number of benzene rings is 1. The second kappa shape index (κ2) is 11.8. The fraction of sp³-hybridized carbons (Fsp3) is 0.500. The molecule has 1 aromatic heterocycles. The van der Waals surface area contributed by atoms with Gasteiger partial charge in [-0.25, -0.2) is 0 Å². The van der Waals surface area contributed by atoms with Crippen molar-refractivity contribution in [1.29, 1.82) is 0 Å². The van der Waals surface area contributed by atoms with E-state index in [1.165, 1.54) is 10.4 Å². The van der Waals surface area contributed by atoms with Crippen LogP contribution in [0.2, 0.25) is 0 Å². The van der Waals surface area contributed by atoms with Gasteiger partial charge < -0.3 is 15.0 Å². The summed E-state index contributed by atoms with van der Waals surface area (Å²) in [5, 5.41) is 5.61. The van der Waals surface area contributed by atoms with Crippen molar-refractivity contribution in [3.63, 3.8) is 0 Å². The first-order valence-corrected chi connectivity index (χ1v) is 10.8. The topological polar surface area (TPSA) is 36.9 Å². The van der Waals surface area contributed by atoms with Crippen molar-refractivity contribution in [3.8, 4) is 0 Å². The predicted octanol–water partition coefficient (Wildman–Crippen LogP) is 4.55. The van der Waals surface area contributed by atoms with E-state index in [-0.39, 0.29) is 29.4 Å².